The molecule has 1 unspecified atom stereocenters. The summed E-state index contributed by atoms with van der Waals surface area (Å²) in [7, 11) is 0. The summed E-state index contributed by atoms with van der Waals surface area (Å²) in [6, 6.07) is 0. The van der Waals surface area contributed by atoms with Crippen molar-refractivity contribution in [2.24, 2.45) is 5.92 Å². The number of carbonyl (C=O) groups is 1. The lowest BCUT2D eigenvalue weighted by Crippen LogP contribution is -2.20. The van der Waals surface area contributed by atoms with Gasteiger partial charge in [-0.3, -0.25) is 4.79 Å². The van der Waals surface area contributed by atoms with E-state index < -0.39 is 11.2 Å². The van der Waals surface area contributed by atoms with Crippen molar-refractivity contribution in [3.63, 3.8) is 0 Å². The number of allylic oxidation sites excluding steroid dienone is 4. The lowest BCUT2D eigenvalue weighted by Gasteiger charge is -2.10. The molecule has 5 heteroatoms. The third kappa shape index (κ3) is 1.86. The Morgan fingerprint density at radius 1 is 1.58 bits per heavy atom. The van der Waals surface area contributed by atoms with Gasteiger partial charge in [-0.05, 0) is 17.7 Å². The maximum absolute atomic E-state index is 10.8. The minimum absolute atomic E-state index is 0.200. The number of rotatable bonds is 1. The maximum atomic E-state index is 10.8. The van der Waals surface area contributed by atoms with Crippen molar-refractivity contribution >= 4 is 44.6 Å². The number of carbonyl (C=O) groups excluding carboxylic acids is 1. The van der Waals surface area contributed by atoms with Crippen LogP contribution in [0.1, 0.15) is 0 Å². The molecule has 0 radical (unpaired) electrons. The molecular formula is C7H4Cl2O2S. The number of halogens is 2. The van der Waals surface area contributed by atoms with E-state index in [-0.39, 0.29) is 21.2 Å². The molecule has 0 N–H and O–H groups in total. The topological polar surface area (TPSA) is 34.1 Å². The monoisotopic (exact) mass is 222 g/mol. The van der Waals surface area contributed by atoms with Crippen LogP contribution >= 0.6 is 23.2 Å². The molecule has 1 atom stereocenters. The second-order valence-corrected chi connectivity index (χ2v) is 3.52. The van der Waals surface area contributed by atoms with Crippen LogP contribution in [0.4, 0.5) is 0 Å². The van der Waals surface area contributed by atoms with Crippen molar-refractivity contribution in [1.29, 1.82) is 0 Å². The average Bonchev–Trinajstić information content (AvgIpc) is 2.03. The van der Waals surface area contributed by atoms with Crippen molar-refractivity contribution < 1.29 is 9.00 Å². The molecule has 1 aliphatic carbocycles. The van der Waals surface area contributed by atoms with Gasteiger partial charge in [-0.15, -0.1) is 0 Å². The van der Waals surface area contributed by atoms with Gasteiger partial charge in [-0.2, -0.15) is 0 Å². The molecule has 0 aliphatic heterocycles. The molecule has 0 fully saturated rings. The summed E-state index contributed by atoms with van der Waals surface area (Å²) in [6.45, 7) is 0. The predicted molar refractivity (Wildman–Crippen MR) is 50.6 cm³/mol. The Bertz CT molecular complexity index is 326. The molecule has 2 nitrogen and oxygen atoms in total. The first-order chi connectivity index (χ1) is 5.66. The van der Waals surface area contributed by atoms with E-state index >= 15 is 0 Å². The second-order valence-electron chi connectivity index (χ2n) is 2.13. The Kier molecular flexibility index (Phi) is 3.26. The van der Waals surface area contributed by atoms with Gasteiger partial charge in [-0.25, -0.2) is 4.21 Å². The molecule has 0 aromatic heterocycles. The molecule has 1 aliphatic rings. The molecule has 0 amide bonds. The molecule has 0 aromatic carbocycles. The van der Waals surface area contributed by atoms with E-state index in [1.165, 1.54) is 0 Å². The fourth-order valence-electron chi connectivity index (χ4n) is 0.840. The van der Waals surface area contributed by atoms with Gasteiger partial charge in [-0.1, -0.05) is 23.8 Å². The first-order valence-corrected chi connectivity index (χ1v) is 4.57. The van der Waals surface area contributed by atoms with Crippen LogP contribution in [0.15, 0.2) is 23.3 Å². The van der Waals surface area contributed by atoms with E-state index in [0.717, 1.165) is 0 Å². The zero-order valence-electron chi connectivity index (χ0n) is 5.79. The first-order valence-electron chi connectivity index (χ1n) is 3.07. The molecule has 0 saturated carbocycles. The van der Waals surface area contributed by atoms with Gasteiger partial charge in [0.25, 0.3) is 0 Å². The maximum Gasteiger partial charge on any atom is 0.233 e. The minimum atomic E-state index is -0.674. The molecule has 0 saturated heterocycles. The molecule has 0 spiro atoms. The summed E-state index contributed by atoms with van der Waals surface area (Å²) >= 11 is 11.1. The minimum Gasteiger partial charge on any atom is -0.280 e. The van der Waals surface area contributed by atoms with Crippen LogP contribution in [0.2, 0.25) is 0 Å². The van der Waals surface area contributed by atoms with E-state index in [2.05, 4.69) is 0 Å². The molecule has 0 bridgehead atoms. The second kappa shape index (κ2) is 4.03. The summed E-state index contributed by atoms with van der Waals surface area (Å²) in [5, 5.41) is -0.299. The van der Waals surface area contributed by atoms with Gasteiger partial charge in [0.05, 0.1) is 27.1 Å². The summed E-state index contributed by atoms with van der Waals surface area (Å²) in [6.07, 6.45) is 4.70. The van der Waals surface area contributed by atoms with E-state index in [1.54, 1.807) is 18.2 Å². The van der Waals surface area contributed by atoms with Crippen LogP contribution in [0.25, 0.3) is 0 Å². The summed E-state index contributed by atoms with van der Waals surface area (Å²) < 4.78 is 10.5. The standard InChI is InChI=1S/C7H4Cl2O2S/c8-5-3-1-2-4(7(9)10)6(5)12-11/h1-4H. The summed E-state index contributed by atoms with van der Waals surface area (Å²) in [5.74, 6) is -0.674. The van der Waals surface area contributed by atoms with Crippen LogP contribution < -0.4 is 0 Å². The van der Waals surface area contributed by atoms with Gasteiger partial charge in [0.15, 0.2) is 0 Å². The quantitative estimate of drug-likeness (QED) is 0.498. The highest BCUT2D eigenvalue weighted by molar-refractivity contribution is 7.67. The SMILES string of the molecule is O=S=C1C(Cl)=CC=CC1C(=O)Cl. The smallest absolute Gasteiger partial charge is 0.233 e. The van der Waals surface area contributed by atoms with E-state index in [4.69, 9.17) is 23.2 Å². The highest BCUT2D eigenvalue weighted by Gasteiger charge is 2.23. The first kappa shape index (κ1) is 9.71. The van der Waals surface area contributed by atoms with Crippen LogP contribution in [0.3, 0.4) is 0 Å². The molecule has 0 aromatic rings. The van der Waals surface area contributed by atoms with Crippen molar-refractivity contribution in [3.8, 4) is 0 Å². The van der Waals surface area contributed by atoms with Crippen LogP contribution in [0, 0.1) is 5.92 Å². The Balaban J connectivity index is 3.09. The van der Waals surface area contributed by atoms with Crippen molar-refractivity contribution in [2.45, 2.75) is 0 Å². The van der Waals surface area contributed by atoms with Crippen LogP contribution in [-0.4, -0.2) is 14.3 Å². The Morgan fingerprint density at radius 2 is 2.25 bits per heavy atom. The lowest BCUT2D eigenvalue weighted by molar-refractivity contribution is -0.112. The van der Waals surface area contributed by atoms with Crippen molar-refractivity contribution in [1.82, 2.24) is 0 Å². The molecule has 0 heterocycles. The van der Waals surface area contributed by atoms with Gasteiger partial charge < -0.3 is 0 Å². The van der Waals surface area contributed by atoms with Crippen molar-refractivity contribution in [2.75, 3.05) is 0 Å². The zero-order chi connectivity index (χ0) is 9.14. The highest BCUT2D eigenvalue weighted by atomic mass is 35.5. The van der Waals surface area contributed by atoms with E-state index in [0.29, 0.717) is 0 Å². The fourth-order valence-corrected chi connectivity index (χ4v) is 1.81. The van der Waals surface area contributed by atoms with Gasteiger partial charge in [0.1, 0.15) is 0 Å². The predicted octanol–water partition coefficient (Wildman–Crippen LogP) is 1.45. The molecule has 1 rings (SSSR count). The largest absolute Gasteiger partial charge is 0.280 e. The fraction of sp³-hybridized carbons (Fsp3) is 0.143. The zero-order valence-corrected chi connectivity index (χ0v) is 8.12. The number of hydrogen-bond donors (Lipinski definition) is 0. The van der Waals surface area contributed by atoms with E-state index in [1.807, 2.05) is 0 Å². The Hall–Kier alpha value is -0.380. The highest BCUT2D eigenvalue weighted by Crippen LogP contribution is 2.19. The third-order valence-electron chi connectivity index (χ3n) is 1.40. The molecule has 12 heavy (non-hydrogen) atoms. The van der Waals surface area contributed by atoms with Crippen LogP contribution in [-0.2, 0) is 16.1 Å². The third-order valence-corrected chi connectivity index (χ3v) is 2.73. The summed E-state index contributed by atoms with van der Waals surface area (Å²) in [5.41, 5.74) is 0. The average molecular weight is 223 g/mol. The molecule has 64 valence electrons. The molecular weight excluding hydrogens is 219 g/mol. The van der Waals surface area contributed by atoms with Gasteiger partial charge in [0, 0.05) is 0 Å². The normalized spacial score (nSPS) is 22.0. The lowest BCUT2D eigenvalue weighted by atomic mass is 10.0. The Labute approximate surface area is 82.9 Å². The Morgan fingerprint density at radius 3 is 2.67 bits per heavy atom. The van der Waals surface area contributed by atoms with Crippen LogP contribution in [0.5, 0.6) is 0 Å². The summed E-state index contributed by atoms with van der Waals surface area (Å²) in [4.78, 5) is 11.0. The van der Waals surface area contributed by atoms with Gasteiger partial charge in [0.2, 0.25) is 5.24 Å². The van der Waals surface area contributed by atoms with Gasteiger partial charge >= 0.3 is 0 Å². The van der Waals surface area contributed by atoms with Crippen molar-refractivity contribution in [3.05, 3.63) is 23.3 Å². The number of hydrogen-bond acceptors (Lipinski definition) is 2. The van der Waals surface area contributed by atoms with E-state index in [9.17, 15) is 9.00 Å².